The van der Waals surface area contributed by atoms with E-state index in [2.05, 4.69) is 9.88 Å². The molecule has 0 aliphatic heterocycles. The topological polar surface area (TPSA) is 63.6 Å². The second kappa shape index (κ2) is 10.8. The number of urea groups is 1. The van der Waals surface area contributed by atoms with Crippen molar-refractivity contribution in [3.63, 3.8) is 0 Å². The summed E-state index contributed by atoms with van der Waals surface area (Å²) in [5.41, 5.74) is 2.01. The summed E-state index contributed by atoms with van der Waals surface area (Å²) < 4.78 is 6.95. The quantitative estimate of drug-likeness (QED) is 0.640. The lowest BCUT2D eigenvalue weighted by atomic mass is 10.2. The molecule has 2 rings (SSSR count). The molecule has 0 bridgehead atoms. The average molecular weight is 406 g/mol. The Morgan fingerprint density at radius 3 is 2.64 bits per heavy atom. The molecule has 2 aromatic rings. The molecule has 1 aromatic heterocycles. The highest BCUT2D eigenvalue weighted by molar-refractivity contribution is 6.31. The molecule has 0 saturated carbocycles. The molecule has 0 aliphatic carbocycles. The molecule has 1 aromatic carbocycles. The molecule has 0 spiro atoms. The number of nitrogens with one attached hydrogen (secondary N) is 1. The monoisotopic (exact) mass is 405 g/mol. The van der Waals surface area contributed by atoms with Crippen LogP contribution in [0.3, 0.4) is 0 Å². The first-order valence-corrected chi connectivity index (χ1v) is 9.91. The Morgan fingerprint density at radius 1 is 1.21 bits per heavy atom. The molecule has 2 amide bonds. The molecule has 0 radical (unpaired) electrons. The lowest BCUT2D eigenvalue weighted by molar-refractivity contribution is -0.141. The number of hydrogen-bond acceptors (Lipinski definition) is 3. The van der Waals surface area contributed by atoms with E-state index in [0.29, 0.717) is 24.7 Å². The van der Waals surface area contributed by atoms with Gasteiger partial charge in [-0.2, -0.15) is 0 Å². The van der Waals surface area contributed by atoms with Crippen LogP contribution in [0.5, 0.6) is 0 Å². The summed E-state index contributed by atoms with van der Waals surface area (Å²) in [6, 6.07) is 11.4. The van der Waals surface area contributed by atoms with Crippen LogP contribution in [0.15, 0.2) is 42.6 Å². The highest BCUT2D eigenvalue weighted by atomic mass is 35.5. The number of carbonyl (C=O) groups is 2. The maximum atomic E-state index is 12.7. The normalized spacial score (nSPS) is 11.7. The van der Waals surface area contributed by atoms with Crippen molar-refractivity contribution in [3.05, 3.63) is 58.9 Å². The molecule has 7 heteroatoms. The van der Waals surface area contributed by atoms with Crippen LogP contribution in [-0.4, -0.2) is 40.7 Å². The van der Waals surface area contributed by atoms with Crippen molar-refractivity contribution >= 4 is 23.6 Å². The van der Waals surface area contributed by atoms with Gasteiger partial charge in [-0.15, -0.1) is 0 Å². The van der Waals surface area contributed by atoms with Gasteiger partial charge in [-0.05, 0) is 44.0 Å². The molecule has 0 saturated heterocycles. The number of aromatic nitrogens is 1. The van der Waals surface area contributed by atoms with Gasteiger partial charge < -0.3 is 19.5 Å². The predicted molar refractivity (Wildman–Crippen MR) is 110 cm³/mol. The van der Waals surface area contributed by atoms with Crippen molar-refractivity contribution in [1.82, 2.24) is 14.8 Å². The van der Waals surface area contributed by atoms with Crippen molar-refractivity contribution in [2.45, 2.75) is 46.3 Å². The van der Waals surface area contributed by atoms with E-state index in [-0.39, 0.29) is 18.6 Å². The fourth-order valence-corrected chi connectivity index (χ4v) is 3.04. The van der Waals surface area contributed by atoms with E-state index in [1.807, 2.05) is 56.4 Å². The Kier molecular flexibility index (Phi) is 8.39. The van der Waals surface area contributed by atoms with Gasteiger partial charge in [-0.3, -0.25) is 4.79 Å². The molecule has 0 fully saturated rings. The Bertz CT molecular complexity index is 791. The highest BCUT2D eigenvalue weighted by Crippen LogP contribution is 2.19. The largest absolute Gasteiger partial charge is 0.465 e. The molecule has 1 N–H and O–H groups in total. The third-order valence-electron chi connectivity index (χ3n) is 4.63. The van der Waals surface area contributed by atoms with Crippen molar-refractivity contribution in [2.24, 2.45) is 0 Å². The van der Waals surface area contributed by atoms with E-state index >= 15 is 0 Å². The number of esters is 1. The van der Waals surface area contributed by atoms with Gasteiger partial charge in [0.15, 0.2) is 0 Å². The number of benzene rings is 1. The number of carbonyl (C=O) groups excluding carboxylic acids is 2. The fraction of sp³-hybridized carbons (Fsp3) is 0.429. The third kappa shape index (κ3) is 6.02. The first kappa shape index (κ1) is 21.8. The number of amides is 2. The Hall–Kier alpha value is -2.47. The summed E-state index contributed by atoms with van der Waals surface area (Å²) >= 11 is 6.29. The third-order valence-corrected chi connectivity index (χ3v) is 5.00. The molecule has 6 nitrogen and oxygen atoms in total. The lowest BCUT2D eigenvalue weighted by Crippen LogP contribution is -2.46. The predicted octanol–water partition coefficient (Wildman–Crippen LogP) is 4.06. The Morgan fingerprint density at radius 2 is 1.96 bits per heavy atom. The molecule has 0 unspecified atom stereocenters. The van der Waals surface area contributed by atoms with Gasteiger partial charge in [0.25, 0.3) is 0 Å². The van der Waals surface area contributed by atoms with Crippen LogP contribution >= 0.6 is 11.6 Å². The SMILES string of the molecule is CCOC(=O)CNC(=O)N(Cc1cccn1Cc1ccccc1Cl)[C@@H](C)CC. The standard InChI is InChI=1S/C21H28ClN3O3/c1-4-16(3)25(21(27)23-13-20(26)28-5-2)15-18-10-8-12-24(18)14-17-9-6-7-11-19(17)22/h6-12,16H,4-5,13-15H2,1-3H3,(H,23,27)/t16-/m0/s1. The zero-order chi connectivity index (χ0) is 20.5. The van der Waals surface area contributed by atoms with Crippen molar-refractivity contribution in [2.75, 3.05) is 13.2 Å². The maximum absolute atomic E-state index is 12.7. The molecular formula is C21H28ClN3O3. The molecule has 28 heavy (non-hydrogen) atoms. The van der Waals surface area contributed by atoms with Gasteiger partial charge in [0, 0.05) is 29.5 Å². The van der Waals surface area contributed by atoms with E-state index < -0.39 is 5.97 Å². The van der Waals surface area contributed by atoms with Crippen LogP contribution in [0.2, 0.25) is 5.02 Å². The number of ether oxygens (including phenoxy) is 1. The summed E-state index contributed by atoms with van der Waals surface area (Å²) in [7, 11) is 0. The van der Waals surface area contributed by atoms with Gasteiger partial charge >= 0.3 is 12.0 Å². The molecule has 1 atom stereocenters. The van der Waals surface area contributed by atoms with Crippen LogP contribution in [0.1, 0.15) is 38.4 Å². The molecular weight excluding hydrogens is 378 g/mol. The van der Waals surface area contributed by atoms with Crippen LogP contribution < -0.4 is 5.32 Å². The van der Waals surface area contributed by atoms with E-state index in [4.69, 9.17) is 16.3 Å². The second-order valence-electron chi connectivity index (χ2n) is 6.57. The van der Waals surface area contributed by atoms with E-state index in [9.17, 15) is 9.59 Å². The summed E-state index contributed by atoms with van der Waals surface area (Å²) in [5.74, 6) is -0.443. The van der Waals surface area contributed by atoms with Gasteiger partial charge in [0.2, 0.25) is 0 Å². The van der Waals surface area contributed by atoms with Crippen molar-refractivity contribution < 1.29 is 14.3 Å². The van der Waals surface area contributed by atoms with Crippen LogP contribution in [-0.2, 0) is 22.6 Å². The minimum Gasteiger partial charge on any atom is -0.465 e. The van der Waals surface area contributed by atoms with E-state index in [1.54, 1.807) is 11.8 Å². The van der Waals surface area contributed by atoms with Crippen LogP contribution in [0, 0.1) is 0 Å². The number of rotatable bonds is 9. The lowest BCUT2D eigenvalue weighted by Gasteiger charge is -2.29. The van der Waals surface area contributed by atoms with Crippen molar-refractivity contribution in [3.8, 4) is 0 Å². The summed E-state index contributed by atoms with van der Waals surface area (Å²) in [6.07, 6.45) is 2.78. The Labute approximate surface area is 171 Å². The fourth-order valence-electron chi connectivity index (χ4n) is 2.84. The number of halogens is 1. The zero-order valence-electron chi connectivity index (χ0n) is 16.7. The second-order valence-corrected chi connectivity index (χ2v) is 6.97. The average Bonchev–Trinajstić information content (AvgIpc) is 3.12. The summed E-state index contributed by atoms with van der Waals surface area (Å²) in [5, 5.41) is 3.37. The van der Waals surface area contributed by atoms with E-state index in [0.717, 1.165) is 17.7 Å². The number of nitrogens with zero attached hydrogens (tertiary/aromatic N) is 2. The van der Waals surface area contributed by atoms with E-state index in [1.165, 1.54) is 0 Å². The van der Waals surface area contributed by atoms with Crippen LogP contribution in [0.4, 0.5) is 4.79 Å². The smallest absolute Gasteiger partial charge is 0.325 e. The first-order valence-electron chi connectivity index (χ1n) is 9.53. The van der Waals surface area contributed by atoms with Gasteiger partial charge in [-0.1, -0.05) is 36.7 Å². The van der Waals surface area contributed by atoms with Crippen molar-refractivity contribution in [1.29, 1.82) is 0 Å². The summed E-state index contributed by atoms with van der Waals surface area (Å²) in [6.45, 7) is 6.96. The molecule has 0 aliphatic rings. The highest BCUT2D eigenvalue weighted by Gasteiger charge is 2.21. The first-order chi connectivity index (χ1) is 13.5. The molecule has 1 heterocycles. The van der Waals surface area contributed by atoms with Gasteiger partial charge in [0.05, 0.1) is 13.2 Å². The minimum absolute atomic E-state index is 0.0193. The van der Waals surface area contributed by atoms with Gasteiger partial charge in [0.1, 0.15) is 6.54 Å². The zero-order valence-corrected chi connectivity index (χ0v) is 17.4. The van der Waals surface area contributed by atoms with Crippen LogP contribution in [0.25, 0.3) is 0 Å². The Balaban J connectivity index is 2.11. The number of hydrogen-bond donors (Lipinski definition) is 1. The molecule has 152 valence electrons. The van der Waals surface area contributed by atoms with Gasteiger partial charge in [-0.25, -0.2) is 4.79 Å². The minimum atomic E-state index is -0.443. The maximum Gasteiger partial charge on any atom is 0.325 e. The summed E-state index contributed by atoms with van der Waals surface area (Å²) in [4.78, 5) is 26.0.